The minimum atomic E-state index is 0.00895. The SMILES string of the molecule is O=C(NCc1ccc2nsnc2c1)C1CCOC1. The Morgan fingerprint density at radius 3 is 3.17 bits per heavy atom. The van der Waals surface area contributed by atoms with Crippen LogP contribution in [0.5, 0.6) is 0 Å². The van der Waals surface area contributed by atoms with Crippen LogP contribution >= 0.6 is 11.7 Å². The van der Waals surface area contributed by atoms with Crippen molar-refractivity contribution in [1.29, 1.82) is 0 Å². The van der Waals surface area contributed by atoms with Gasteiger partial charge in [-0.15, -0.1) is 0 Å². The molecule has 1 aliphatic heterocycles. The van der Waals surface area contributed by atoms with Crippen molar-refractivity contribution in [3.63, 3.8) is 0 Å². The fraction of sp³-hybridized carbons (Fsp3) is 0.417. The molecule has 0 saturated carbocycles. The van der Waals surface area contributed by atoms with Gasteiger partial charge in [-0.1, -0.05) is 6.07 Å². The Balaban J connectivity index is 1.63. The number of hydrogen-bond acceptors (Lipinski definition) is 5. The first-order valence-electron chi connectivity index (χ1n) is 5.89. The van der Waals surface area contributed by atoms with Gasteiger partial charge in [0.25, 0.3) is 0 Å². The Hall–Kier alpha value is -1.53. The number of benzene rings is 1. The van der Waals surface area contributed by atoms with Gasteiger partial charge in [0.1, 0.15) is 11.0 Å². The number of nitrogens with one attached hydrogen (secondary N) is 1. The van der Waals surface area contributed by atoms with E-state index in [1.165, 1.54) is 11.7 Å². The number of hydrogen-bond donors (Lipinski definition) is 1. The summed E-state index contributed by atoms with van der Waals surface area (Å²) >= 11 is 1.20. The number of fused-ring (bicyclic) bond motifs is 1. The normalized spacial score (nSPS) is 19.2. The molecule has 1 aliphatic rings. The summed E-state index contributed by atoms with van der Waals surface area (Å²) in [6.07, 6.45) is 0.820. The Bertz CT molecular complexity index is 563. The number of aromatic nitrogens is 2. The van der Waals surface area contributed by atoms with Gasteiger partial charge in [0.2, 0.25) is 5.91 Å². The van der Waals surface area contributed by atoms with Crippen LogP contribution in [0.25, 0.3) is 11.0 Å². The Morgan fingerprint density at radius 1 is 1.44 bits per heavy atom. The number of ether oxygens (including phenoxy) is 1. The zero-order chi connectivity index (χ0) is 12.4. The van der Waals surface area contributed by atoms with Crippen molar-refractivity contribution < 1.29 is 9.53 Å². The molecule has 1 saturated heterocycles. The molecular formula is C12H13N3O2S. The number of amides is 1. The molecule has 1 atom stereocenters. The molecule has 5 nitrogen and oxygen atoms in total. The molecule has 3 rings (SSSR count). The van der Waals surface area contributed by atoms with Crippen molar-refractivity contribution >= 4 is 28.7 Å². The molecule has 2 heterocycles. The highest BCUT2D eigenvalue weighted by atomic mass is 32.1. The van der Waals surface area contributed by atoms with Gasteiger partial charge in [-0.25, -0.2) is 0 Å². The maximum Gasteiger partial charge on any atom is 0.225 e. The molecule has 1 aromatic carbocycles. The quantitative estimate of drug-likeness (QED) is 0.907. The second kappa shape index (κ2) is 4.99. The van der Waals surface area contributed by atoms with Crippen LogP contribution < -0.4 is 5.32 Å². The van der Waals surface area contributed by atoms with Crippen LogP contribution in [-0.4, -0.2) is 27.9 Å². The zero-order valence-corrected chi connectivity index (χ0v) is 10.6. The summed E-state index contributed by atoms with van der Waals surface area (Å²) in [7, 11) is 0. The van der Waals surface area contributed by atoms with Crippen LogP contribution in [0.1, 0.15) is 12.0 Å². The van der Waals surface area contributed by atoms with E-state index in [4.69, 9.17) is 4.74 Å². The summed E-state index contributed by atoms with van der Waals surface area (Å²) in [5.74, 6) is 0.0821. The van der Waals surface area contributed by atoms with E-state index in [0.29, 0.717) is 19.8 Å². The summed E-state index contributed by atoms with van der Waals surface area (Å²) in [6.45, 7) is 1.76. The second-order valence-corrected chi connectivity index (χ2v) is 4.89. The number of rotatable bonds is 3. The van der Waals surface area contributed by atoms with E-state index in [1.54, 1.807) is 0 Å². The molecule has 1 N–H and O–H groups in total. The molecule has 1 fully saturated rings. The third-order valence-electron chi connectivity index (χ3n) is 3.09. The van der Waals surface area contributed by atoms with Crippen molar-refractivity contribution in [2.24, 2.45) is 5.92 Å². The van der Waals surface area contributed by atoms with Crippen LogP contribution in [0, 0.1) is 5.92 Å². The lowest BCUT2D eigenvalue weighted by Gasteiger charge is -2.09. The fourth-order valence-electron chi connectivity index (χ4n) is 2.01. The zero-order valence-electron chi connectivity index (χ0n) is 9.76. The molecule has 0 radical (unpaired) electrons. The summed E-state index contributed by atoms with van der Waals surface area (Å²) in [6, 6.07) is 5.86. The highest BCUT2D eigenvalue weighted by molar-refractivity contribution is 7.00. The highest BCUT2D eigenvalue weighted by Gasteiger charge is 2.22. The fourth-order valence-corrected chi connectivity index (χ4v) is 2.53. The van der Waals surface area contributed by atoms with Crippen molar-refractivity contribution in [3.8, 4) is 0 Å². The van der Waals surface area contributed by atoms with Gasteiger partial charge in [-0.2, -0.15) is 8.75 Å². The third-order valence-corrected chi connectivity index (χ3v) is 3.64. The van der Waals surface area contributed by atoms with Gasteiger partial charge in [-0.3, -0.25) is 4.79 Å². The van der Waals surface area contributed by atoms with Crippen LogP contribution in [0.2, 0.25) is 0 Å². The molecule has 2 aromatic rings. The molecule has 0 spiro atoms. The summed E-state index contributed by atoms with van der Waals surface area (Å²) in [5, 5.41) is 2.93. The molecule has 18 heavy (non-hydrogen) atoms. The molecule has 0 bridgehead atoms. The van der Waals surface area contributed by atoms with Crippen molar-refractivity contribution in [2.45, 2.75) is 13.0 Å². The van der Waals surface area contributed by atoms with Gasteiger partial charge < -0.3 is 10.1 Å². The molecule has 1 amide bonds. The average molecular weight is 263 g/mol. The molecule has 6 heteroatoms. The van der Waals surface area contributed by atoms with Crippen LogP contribution in [0.4, 0.5) is 0 Å². The van der Waals surface area contributed by atoms with Crippen molar-refractivity contribution in [3.05, 3.63) is 23.8 Å². The summed E-state index contributed by atoms with van der Waals surface area (Å²) < 4.78 is 13.5. The lowest BCUT2D eigenvalue weighted by atomic mass is 10.1. The topological polar surface area (TPSA) is 64.1 Å². The molecule has 1 aromatic heterocycles. The van der Waals surface area contributed by atoms with E-state index in [2.05, 4.69) is 14.1 Å². The van der Waals surface area contributed by atoms with Crippen LogP contribution in [0.3, 0.4) is 0 Å². The lowest BCUT2D eigenvalue weighted by molar-refractivity contribution is -0.125. The smallest absolute Gasteiger partial charge is 0.225 e. The molecule has 94 valence electrons. The van der Waals surface area contributed by atoms with Gasteiger partial charge in [0.05, 0.1) is 24.3 Å². The van der Waals surface area contributed by atoms with E-state index in [0.717, 1.165) is 23.0 Å². The van der Waals surface area contributed by atoms with Gasteiger partial charge in [0, 0.05) is 13.2 Å². The second-order valence-electron chi connectivity index (χ2n) is 4.37. The standard InChI is InChI=1S/C12H13N3O2S/c16-12(9-3-4-17-7-9)13-6-8-1-2-10-11(5-8)15-18-14-10/h1-2,5,9H,3-4,6-7H2,(H,13,16). The minimum Gasteiger partial charge on any atom is -0.381 e. The minimum absolute atomic E-state index is 0.00895. The largest absolute Gasteiger partial charge is 0.381 e. The van der Waals surface area contributed by atoms with Gasteiger partial charge in [0.15, 0.2) is 0 Å². The predicted molar refractivity (Wildman–Crippen MR) is 68.2 cm³/mol. The number of carbonyl (C=O) groups is 1. The average Bonchev–Trinajstić information content (AvgIpc) is 3.05. The summed E-state index contributed by atoms with van der Waals surface area (Å²) in [5.41, 5.74) is 2.83. The van der Waals surface area contributed by atoms with Crippen LogP contribution in [0.15, 0.2) is 18.2 Å². The van der Waals surface area contributed by atoms with E-state index in [9.17, 15) is 4.79 Å². The number of nitrogens with zero attached hydrogens (tertiary/aromatic N) is 2. The van der Waals surface area contributed by atoms with Crippen molar-refractivity contribution in [2.75, 3.05) is 13.2 Å². The maximum atomic E-state index is 11.8. The monoisotopic (exact) mass is 263 g/mol. The lowest BCUT2D eigenvalue weighted by Crippen LogP contribution is -2.30. The van der Waals surface area contributed by atoms with Crippen LogP contribution in [-0.2, 0) is 16.1 Å². The van der Waals surface area contributed by atoms with Gasteiger partial charge in [-0.05, 0) is 24.1 Å². The van der Waals surface area contributed by atoms with Gasteiger partial charge >= 0.3 is 0 Å². The molecule has 1 unspecified atom stereocenters. The first-order valence-corrected chi connectivity index (χ1v) is 6.62. The van der Waals surface area contributed by atoms with E-state index >= 15 is 0 Å². The Morgan fingerprint density at radius 2 is 2.33 bits per heavy atom. The van der Waals surface area contributed by atoms with Crippen molar-refractivity contribution in [1.82, 2.24) is 14.1 Å². The first-order chi connectivity index (χ1) is 8.83. The summed E-state index contributed by atoms with van der Waals surface area (Å²) in [4.78, 5) is 11.8. The maximum absolute atomic E-state index is 11.8. The molecule has 0 aliphatic carbocycles. The Labute approximate surface area is 108 Å². The predicted octanol–water partition coefficient (Wildman–Crippen LogP) is 1.34. The first kappa shape index (κ1) is 11.6. The molecular weight excluding hydrogens is 250 g/mol. The Kier molecular flexibility index (Phi) is 3.21. The highest BCUT2D eigenvalue weighted by Crippen LogP contribution is 2.15. The van der Waals surface area contributed by atoms with E-state index in [1.807, 2.05) is 18.2 Å². The number of carbonyl (C=O) groups excluding carboxylic acids is 1. The van der Waals surface area contributed by atoms with E-state index in [-0.39, 0.29) is 11.8 Å². The third kappa shape index (κ3) is 2.34. The van der Waals surface area contributed by atoms with E-state index < -0.39 is 0 Å².